The fourth-order valence-corrected chi connectivity index (χ4v) is 2.69. The van der Waals surface area contributed by atoms with Gasteiger partial charge in [-0.25, -0.2) is 0 Å². The number of rotatable bonds is 3. The van der Waals surface area contributed by atoms with Crippen molar-refractivity contribution in [3.05, 3.63) is 44.2 Å². The molecule has 6 heteroatoms. The summed E-state index contributed by atoms with van der Waals surface area (Å²) in [4.78, 5) is 0. The lowest BCUT2D eigenvalue weighted by molar-refractivity contribution is 0.406. The first-order chi connectivity index (χ1) is 8.54. The minimum atomic E-state index is -0.321. The van der Waals surface area contributed by atoms with Gasteiger partial charge in [-0.05, 0) is 46.4 Å². The monoisotopic (exact) mass is 377 g/mol. The zero-order valence-electron chi connectivity index (χ0n) is 10.0. The fourth-order valence-electron chi connectivity index (χ4n) is 1.84. The largest absolute Gasteiger partial charge is 0.493 e. The number of aromatic nitrogens is 2. The summed E-state index contributed by atoms with van der Waals surface area (Å²) in [5, 5.41) is 4.83. The van der Waals surface area contributed by atoms with Gasteiger partial charge in [0, 0.05) is 15.6 Å². The number of benzene rings is 1. The Morgan fingerprint density at radius 2 is 2.22 bits per heavy atom. The molecule has 2 aromatic rings. The maximum atomic E-state index is 6.30. The highest BCUT2D eigenvalue weighted by atomic mass is 127. The highest BCUT2D eigenvalue weighted by Gasteiger charge is 2.20. The third-order valence-corrected chi connectivity index (χ3v) is 3.97. The minimum absolute atomic E-state index is 0.321. The van der Waals surface area contributed by atoms with Crippen LogP contribution in [0.2, 0.25) is 5.02 Å². The zero-order chi connectivity index (χ0) is 13.3. The summed E-state index contributed by atoms with van der Waals surface area (Å²) in [6.45, 7) is 0. The summed E-state index contributed by atoms with van der Waals surface area (Å²) in [6, 6.07) is 5.35. The molecular weight excluding hydrogens is 365 g/mol. The topological polar surface area (TPSA) is 53.1 Å². The highest BCUT2D eigenvalue weighted by Crippen LogP contribution is 2.31. The van der Waals surface area contributed by atoms with Gasteiger partial charge in [-0.15, -0.1) is 0 Å². The van der Waals surface area contributed by atoms with E-state index in [0.717, 1.165) is 14.8 Å². The molecule has 2 rings (SSSR count). The van der Waals surface area contributed by atoms with E-state index in [4.69, 9.17) is 22.1 Å². The number of nitrogens with zero attached hydrogens (tertiary/aromatic N) is 2. The summed E-state index contributed by atoms with van der Waals surface area (Å²) < 4.78 is 8.07. The van der Waals surface area contributed by atoms with E-state index in [1.807, 2.05) is 25.2 Å². The van der Waals surface area contributed by atoms with E-state index >= 15 is 0 Å². The normalized spacial score (nSPS) is 12.5. The lowest BCUT2D eigenvalue weighted by Crippen LogP contribution is -2.18. The van der Waals surface area contributed by atoms with Crippen molar-refractivity contribution in [3.63, 3.8) is 0 Å². The molecule has 0 aliphatic rings. The van der Waals surface area contributed by atoms with Crippen molar-refractivity contribution in [2.75, 3.05) is 7.11 Å². The van der Waals surface area contributed by atoms with Crippen molar-refractivity contribution in [3.8, 4) is 5.75 Å². The van der Waals surface area contributed by atoms with Crippen molar-refractivity contribution in [2.24, 2.45) is 12.8 Å². The number of ether oxygens (including phenoxy) is 1. The Morgan fingerprint density at radius 1 is 1.50 bits per heavy atom. The summed E-state index contributed by atoms with van der Waals surface area (Å²) in [7, 11) is 3.45. The van der Waals surface area contributed by atoms with Crippen LogP contribution >= 0.6 is 34.2 Å². The smallest absolute Gasteiger partial charge is 0.161 e. The van der Waals surface area contributed by atoms with Crippen LogP contribution in [0.3, 0.4) is 0 Å². The molecule has 0 spiro atoms. The zero-order valence-corrected chi connectivity index (χ0v) is 12.9. The molecule has 4 nitrogen and oxygen atoms in total. The molecule has 1 unspecified atom stereocenters. The lowest BCUT2D eigenvalue weighted by Gasteiger charge is -2.16. The summed E-state index contributed by atoms with van der Waals surface area (Å²) in [6.07, 6.45) is 1.66. The maximum Gasteiger partial charge on any atom is 0.161 e. The maximum absolute atomic E-state index is 6.30. The number of methoxy groups -OCH3 is 1. The summed E-state index contributed by atoms with van der Waals surface area (Å²) >= 11 is 8.27. The van der Waals surface area contributed by atoms with Gasteiger partial charge < -0.3 is 10.5 Å². The third kappa shape index (κ3) is 2.48. The van der Waals surface area contributed by atoms with Crippen molar-refractivity contribution in [1.29, 1.82) is 0 Å². The summed E-state index contributed by atoms with van der Waals surface area (Å²) in [5.74, 6) is 0.681. The average molecular weight is 378 g/mol. The van der Waals surface area contributed by atoms with Gasteiger partial charge in [0.1, 0.15) is 5.69 Å². The number of halogens is 2. The Kier molecular flexibility index (Phi) is 4.14. The van der Waals surface area contributed by atoms with Crippen LogP contribution in [0.25, 0.3) is 0 Å². The van der Waals surface area contributed by atoms with Crippen molar-refractivity contribution >= 4 is 34.2 Å². The summed E-state index contributed by atoms with van der Waals surface area (Å²) in [5.41, 5.74) is 8.10. The molecule has 1 atom stereocenters. The third-order valence-electron chi connectivity index (χ3n) is 2.76. The average Bonchev–Trinajstić information content (AvgIpc) is 2.72. The molecule has 0 saturated heterocycles. The molecule has 0 amide bonds. The molecule has 18 heavy (non-hydrogen) atoms. The predicted octanol–water partition coefficient (Wildman–Crippen LogP) is 2.73. The molecule has 1 aromatic heterocycles. The Labute approximate surface area is 124 Å². The van der Waals surface area contributed by atoms with Crippen LogP contribution in [0.4, 0.5) is 0 Å². The quantitative estimate of drug-likeness (QED) is 0.837. The molecule has 1 aromatic carbocycles. The van der Waals surface area contributed by atoms with Crippen LogP contribution in [0.15, 0.2) is 24.4 Å². The van der Waals surface area contributed by atoms with Gasteiger partial charge in [-0.2, -0.15) is 5.10 Å². The second-order valence-electron chi connectivity index (χ2n) is 3.87. The Hall–Kier alpha value is -0.790. The van der Waals surface area contributed by atoms with Gasteiger partial charge in [-0.1, -0.05) is 11.6 Å². The first-order valence-electron chi connectivity index (χ1n) is 5.31. The van der Waals surface area contributed by atoms with E-state index < -0.39 is 0 Å². The molecule has 1 heterocycles. The lowest BCUT2D eigenvalue weighted by atomic mass is 10.0. The van der Waals surface area contributed by atoms with Crippen LogP contribution in [0.5, 0.6) is 5.75 Å². The Bertz CT molecular complexity index is 570. The molecule has 96 valence electrons. The van der Waals surface area contributed by atoms with Crippen molar-refractivity contribution in [2.45, 2.75) is 6.04 Å². The van der Waals surface area contributed by atoms with E-state index in [0.29, 0.717) is 10.8 Å². The van der Waals surface area contributed by atoms with Gasteiger partial charge in [0.2, 0.25) is 0 Å². The molecule has 0 aliphatic heterocycles. The molecule has 0 bridgehead atoms. The van der Waals surface area contributed by atoms with Crippen molar-refractivity contribution < 1.29 is 4.74 Å². The number of hydrogen-bond donors (Lipinski definition) is 1. The number of hydrogen-bond acceptors (Lipinski definition) is 3. The first kappa shape index (κ1) is 13.6. The predicted molar refractivity (Wildman–Crippen MR) is 80.0 cm³/mol. The van der Waals surface area contributed by atoms with E-state index in [-0.39, 0.29) is 6.04 Å². The van der Waals surface area contributed by atoms with E-state index in [1.54, 1.807) is 18.0 Å². The molecule has 0 radical (unpaired) electrons. The number of aryl methyl sites for hydroxylation is 1. The van der Waals surface area contributed by atoms with E-state index in [2.05, 4.69) is 27.7 Å². The van der Waals surface area contributed by atoms with Crippen LogP contribution < -0.4 is 10.5 Å². The molecule has 2 N–H and O–H groups in total. The van der Waals surface area contributed by atoms with Gasteiger partial charge in [0.25, 0.3) is 0 Å². The first-order valence-corrected chi connectivity index (χ1v) is 6.76. The van der Waals surface area contributed by atoms with Gasteiger partial charge in [0.05, 0.1) is 19.3 Å². The van der Waals surface area contributed by atoms with E-state index in [1.165, 1.54) is 0 Å². The SMILES string of the molecule is COc1cnn(C)c1C(N)c1cc(Cl)ccc1I. The fraction of sp³-hybridized carbons (Fsp3) is 0.250. The molecule has 0 aliphatic carbocycles. The standard InChI is InChI=1S/C12H13ClIN3O/c1-17-12(10(18-2)6-16-17)11(15)8-5-7(13)3-4-9(8)14/h3-6,11H,15H2,1-2H3. The van der Waals surface area contributed by atoms with Gasteiger partial charge >= 0.3 is 0 Å². The Balaban J connectivity index is 2.50. The highest BCUT2D eigenvalue weighted by molar-refractivity contribution is 14.1. The van der Waals surface area contributed by atoms with E-state index in [9.17, 15) is 0 Å². The second kappa shape index (κ2) is 5.46. The van der Waals surface area contributed by atoms with Crippen LogP contribution in [0.1, 0.15) is 17.3 Å². The molecular formula is C12H13ClIN3O. The van der Waals surface area contributed by atoms with Crippen LogP contribution in [-0.4, -0.2) is 16.9 Å². The number of nitrogens with two attached hydrogens (primary N) is 1. The molecule has 0 saturated carbocycles. The van der Waals surface area contributed by atoms with Gasteiger partial charge in [0.15, 0.2) is 5.75 Å². The van der Waals surface area contributed by atoms with Gasteiger partial charge in [-0.3, -0.25) is 4.68 Å². The van der Waals surface area contributed by atoms with Crippen LogP contribution in [0, 0.1) is 3.57 Å². The second-order valence-corrected chi connectivity index (χ2v) is 5.46. The molecule has 0 fully saturated rings. The van der Waals surface area contributed by atoms with Crippen LogP contribution in [-0.2, 0) is 7.05 Å². The van der Waals surface area contributed by atoms with Crippen molar-refractivity contribution in [1.82, 2.24) is 9.78 Å². The Morgan fingerprint density at radius 3 is 2.89 bits per heavy atom. The minimum Gasteiger partial charge on any atom is -0.493 e.